The zero-order chi connectivity index (χ0) is 20.6. The molecule has 0 spiro atoms. The highest BCUT2D eigenvalue weighted by atomic mass is 35.5. The molecule has 3 rings (SSSR count). The number of hydrogen-bond donors (Lipinski definition) is 3. The van der Waals surface area contributed by atoms with Crippen LogP contribution < -0.4 is 10.6 Å². The predicted molar refractivity (Wildman–Crippen MR) is 112 cm³/mol. The molecule has 1 saturated heterocycles. The Bertz CT molecular complexity index is 838. The molecule has 0 radical (unpaired) electrons. The lowest BCUT2D eigenvalue weighted by atomic mass is 10.1. The van der Waals surface area contributed by atoms with Crippen molar-refractivity contribution in [3.63, 3.8) is 0 Å². The fourth-order valence-electron chi connectivity index (χ4n) is 2.99. The summed E-state index contributed by atoms with van der Waals surface area (Å²) in [4.78, 5) is 26.4. The number of halogens is 1. The van der Waals surface area contributed by atoms with Gasteiger partial charge in [-0.3, -0.25) is 14.5 Å². The van der Waals surface area contributed by atoms with Crippen molar-refractivity contribution in [2.24, 2.45) is 0 Å². The van der Waals surface area contributed by atoms with Gasteiger partial charge in [-0.25, -0.2) is 0 Å². The molecule has 1 aliphatic rings. The minimum Gasteiger partial charge on any atom is -0.383 e. The summed E-state index contributed by atoms with van der Waals surface area (Å²) in [6, 6.07) is 13.8. The van der Waals surface area contributed by atoms with Crippen molar-refractivity contribution in [1.82, 2.24) is 4.90 Å². The van der Waals surface area contributed by atoms with Crippen molar-refractivity contribution in [2.75, 3.05) is 43.5 Å². The van der Waals surface area contributed by atoms with E-state index in [-0.39, 0.29) is 12.3 Å². The van der Waals surface area contributed by atoms with E-state index in [1.54, 1.807) is 48.5 Å². The van der Waals surface area contributed by atoms with E-state index in [0.717, 1.165) is 13.1 Å². The van der Waals surface area contributed by atoms with Crippen LogP contribution in [0, 0.1) is 0 Å². The minimum absolute atomic E-state index is 0.0983. The Labute approximate surface area is 174 Å². The van der Waals surface area contributed by atoms with E-state index >= 15 is 0 Å². The largest absolute Gasteiger partial charge is 0.383 e. The molecule has 0 saturated carbocycles. The zero-order valence-corrected chi connectivity index (χ0v) is 16.7. The number of carbonyl (C=O) groups excluding carboxylic acids is 2. The average molecular weight is 418 g/mol. The number of amides is 2. The van der Waals surface area contributed by atoms with E-state index in [2.05, 4.69) is 10.6 Å². The number of benzene rings is 2. The van der Waals surface area contributed by atoms with Crippen LogP contribution in [0.5, 0.6) is 0 Å². The van der Waals surface area contributed by atoms with Gasteiger partial charge in [0.25, 0.3) is 5.91 Å². The van der Waals surface area contributed by atoms with Gasteiger partial charge in [-0.2, -0.15) is 0 Å². The lowest BCUT2D eigenvalue weighted by Crippen LogP contribution is -2.41. The highest BCUT2D eigenvalue weighted by Gasteiger charge is 2.17. The Morgan fingerprint density at radius 3 is 2.31 bits per heavy atom. The average Bonchev–Trinajstić information content (AvgIpc) is 2.72. The number of aliphatic hydroxyl groups is 1. The van der Waals surface area contributed by atoms with E-state index in [9.17, 15) is 14.7 Å². The number of carbonyl (C=O) groups is 2. The van der Waals surface area contributed by atoms with Crippen LogP contribution in [-0.2, 0) is 20.7 Å². The van der Waals surface area contributed by atoms with Gasteiger partial charge in [0.15, 0.2) is 0 Å². The van der Waals surface area contributed by atoms with E-state index in [1.807, 2.05) is 4.90 Å². The summed E-state index contributed by atoms with van der Waals surface area (Å²) < 4.78 is 5.27. The van der Waals surface area contributed by atoms with E-state index < -0.39 is 12.0 Å². The van der Waals surface area contributed by atoms with E-state index in [0.29, 0.717) is 41.7 Å². The molecule has 0 unspecified atom stereocenters. The van der Waals surface area contributed by atoms with Gasteiger partial charge < -0.3 is 20.5 Å². The molecule has 29 heavy (non-hydrogen) atoms. The van der Waals surface area contributed by atoms with Crippen LogP contribution in [0.25, 0.3) is 0 Å². The lowest BCUT2D eigenvalue weighted by Gasteiger charge is -2.25. The number of ether oxygens (including phenoxy) is 1. The smallest absolute Gasteiger partial charge is 0.253 e. The third-order valence-electron chi connectivity index (χ3n) is 4.58. The first kappa shape index (κ1) is 21.3. The second-order valence-corrected chi connectivity index (χ2v) is 7.22. The Morgan fingerprint density at radius 1 is 1.03 bits per heavy atom. The van der Waals surface area contributed by atoms with Crippen LogP contribution in [0.2, 0.25) is 5.02 Å². The normalized spacial score (nSPS) is 15.5. The Morgan fingerprint density at radius 2 is 1.66 bits per heavy atom. The molecule has 1 heterocycles. The highest BCUT2D eigenvalue weighted by Crippen LogP contribution is 2.18. The van der Waals surface area contributed by atoms with Crippen molar-refractivity contribution in [3.8, 4) is 0 Å². The van der Waals surface area contributed by atoms with Crippen LogP contribution >= 0.6 is 11.6 Å². The van der Waals surface area contributed by atoms with Gasteiger partial charge >= 0.3 is 0 Å². The summed E-state index contributed by atoms with van der Waals surface area (Å²) in [5, 5.41) is 16.1. The zero-order valence-electron chi connectivity index (χ0n) is 15.9. The molecule has 0 aromatic heterocycles. The van der Waals surface area contributed by atoms with Crippen LogP contribution in [0.4, 0.5) is 11.4 Å². The van der Waals surface area contributed by atoms with Gasteiger partial charge in [-0.1, -0.05) is 29.8 Å². The summed E-state index contributed by atoms with van der Waals surface area (Å²) in [6.45, 7) is 3.09. The molecule has 0 bridgehead atoms. The van der Waals surface area contributed by atoms with Crippen LogP contribution in [-0.4, -0.2) is 60.8 Å². The number of aliphatic hydroxyl groups excluding tert-OH is 1. The monoisotopic (exact) mass is 417 g/mol. The standard InChI is InChI=1S/C21H24ClN3O4/c22-18-4-2-1-3-15(18)13-19(26)21(28)24-17-7-5-16(6-8-17)23-20(27)14-25-9-11-29-12-10-25/h1-8,19,26H,9-14H2,(H,23,27)(H,24,28)/t19-/m1/s1. The second kappa shape index (κ2) is 10.4. The first-order valence-electron chi connectivity index (χ1n) is 9.43. The van der Waals surface area contributed by atoms with Crippen LogP contribution in [0.15, 0.2) is 48.5 Å². The molecular weight excluding hydrogens is 394 g/mol. The van der Waals surface area contributed by atoms with Gasteiger partial charge in [0.1, 0.15) is 6.10 Å². The van der Waals surface area contributed by atoms with Crippen molar-refractivity contribution >= 4 is 34.8 Å². The summed E-state index contributed by atoms with van der Waals surface area (Å²) >= 11 is 6.07. The van der Waals surface area contributed by atoms with Gasteiger partial charge in [0.2, 0.25) is 5.91 Å². The number of morpholine rings is 1. The van der Waals surface area contributed by atoms with Gasteiger partial charge in [-0.05, 0) is 35.9 Å². The predicted octanol–water partition coefficient (Wildman–Crippen LogP) is 2.15. The number of rotatable bonds is 7. The molecule has 2 amide bonds. The SMILES string of the molecule is O=C(CN1CCOCC1)Nc1ccc(NC(=O)[C@H](O)Cc2ccccc2Cl)cc1. The van der Waals surface area contributed by atoms with Crippen LogP contribution in [0.3, 0.4) is 0 Å². The van der Waals surface area contributed by atoms with Crippen LogP contribution in [0.1, 0.15) is 5.56 Å². The summed E-state index contributed by atoms with van der Waals surface area (Å²) in [6.07, 6.45) is -1.09. The van der Waals surface area contributed by atoms with Crippen molar-refractivity contribution < 1.29 is 19.4 Å². The molecule has 7 nitrogen and oxygen atoms in total. The summed E-state index contributed by atoms with van der Waals surface area (Å²) in [5.74, 6) is -0.618. The molecule has 3 N–H and O–H groups in total. The molecule has 2 aromatic carbocycles. The molecular formula is C21H24ClN3O4. The van der Waals surface area contributed by atoms with Crippen molar-refractivity contribution in [2.45, 2.75) is 12.5 Å². The molecule has 154 valence electrons. The third kappa shape index (κ3) is 6.54. The quantitative estimate of drug-likeness (QED) is 0.642. The Hall–Kier alpha value is -2.45. The molecule has 1 fully saturated rings. The first-order valence-corrected chi connectivity index (χ1v) is 9.81. The number of nitrogens with one attached hydrogen (secondary N) is 2. The molecule has 1 atom stereocenters. The van der Waals surface area contributed by atoms with Gasteiger partial charge in [0, 0.05) is 35.9 Å². The van der Waals surface area contributed by atoms with E-state index in [4.69, 9.17) is 16.3 Å². The maximum absolute atomic E-state index is 12.2. The first-order chi connectivity index (χ1) is 14.0. The fourth-order valence-corrected chi connectivity index (χ4v) is 3.20. The minimum atomic E-state index is -1.22. The van der Waals surface area contributed by atoms with Gasteiger partial charge in [0.05, 0.1) is 19.8 Å². The highest BCUT2D eigenvalue weighted by molar-refractivity contribution is 6.31. The maximum Gasteiger partial charge on any atom is 0.253 e. The van der Waals surface area contributed by atoms with Crippen molar-refractivity contribution in [3.05, 3.63) is 59.1 Å². The molecule has 8 heteroatoms. The van der Waals surface area contributed by atoms with E-state index in [1.165, 1.54) is 0 Å². The number of anilines is 2. The molecule has 2 aromatic rings. The van der Waals surface area contributed by atoms with Crippen molar-refractivity contribution in [1.29, 1.82) is 0 Å². The summed E-state index contributed by atoms with van der Waals surface area (Å²) in [7, 11) is 0. The molecule has 0 aliphatic carbocycles. The topological polar surface area (TPSA) is 90.9 Å². The maximum atomic E-state index is 12.2. The second-order valence-electron chi connectivity index (χ2n) is 6.81. The Kier molecular flexibility index (Phi) is 7.60. The molecule has 1 aliphatic heterocycles. The third-order valence-corrected chi connectivity index (χ3v) is 4.95. The lowest BCUT2D eigenvalue weighted by molar-refractivity contribution is -0.124. The van der Waals surface area contributed by atoms with Gasteiger partial charge in [-0.15, -0.1) is 0 Å². The Balaban J connectivity index is 1.48. The fraction of sp³-hybridized carbons (Fsp3) is 0.333. The number of nitrogens with zero attached hydrogens (tertiary/aromatic N) is 1. The summed E-state index contributed by atoms with van der Waals surface area (Å²) in [5.41, 5.74) is 1.87. The number of hydrogen-bond acceptors (Lipinski definition) is 5.